The van der Waals surface area contributed by atoms with Gasteiger partial charge in [0.05, 0.1) is 17.2 Å². The minimum atomic E-state index is -4.52. The highest BCUT2D eigenvalue weighted by atomic mass is 19.4. The molecule has 27 heavy (non-hydrogen) atoms. The third-order valence-corrected chi connectivity index (χ3v) is 4.03. The molecule has 2 aromatic carbocycles. The summed E-state index contributed by atoms with van der Waals surface area (Å²) in [6, 6.07) is 9.07. The molecule has 0 bridgehead atoms. The Morgan fingerprint density at radius 1 is 1.15 bits per heavy atom. The maximum Gasteiger partial charge on any atom is 0.419 e. The van der Waals surface area contributed by atoms with Gasteiger partial charge in [0, 0.05) is 5.56 Å². The fourth-order valence-corrected chi connectivity index (χ4v) is 2.75. The molecule has 0 atom stereocenters. The van der Waals surface area contributed by atoms with Crippen molar-refractivity contribution < 1.29 is 27.4 Å². The number of esters is 1. The lowest BCUT2D eigenvalue weighted by atomic mass is 9.99. The average Bonchev–Trinajstić information content (AvgIpc) is 2.58. The van der Waals surface area contributed by atoms with Crippen LogP contribution in [0.2, 0.25) is 0 Å². The van der Waals surface area contributed by atoms with Crippen molar-refractivity contribution >= 4 is 5.97 Å². The zero-order valence-electron chi connectivity index (χ0n) is 15.8. The molecular weight excluding hydrogens is 357 g/mol. The molecule has 146 valence electrons. The van der Waals surface area contributed by atoms with Crippen molar-refractivity contribution in [1.82, 2.24) is 0 Å². The van der Waals surface area contributed by atoms with Gasteiger partial charge in [-0.25, -0.2) is 4.79 Å². The van der Waals surface area contributed by atoms with Crippen molar-refractivity contribution in [3.8, 4) is 5.75 Å². The number of rotatable bonds is 6. The fourth-order valence-electron chi connectivity index (χ4n) is 2.75. The summed E-state index contributed by atoms with van der Waals surface area (Å²) in [5.41, 5.74) is 1.34. The van der Waals surface area contributed by atoms with Crippen LogP contribution >= 0.6 is 0 Å². The molecule has 0 aromatic heterocycles. The standard InChI is InChI=1S/C21H23F3O3/c1-5-15-7-6-8-16(20(25)27-13(2)3)17(15)12-26-19-10-9-14(4)11-18(19)21(22,23)24/h6-11,13H,5,12H2,1-4H3. The van der Waals surface area contributed by atoms with Crippen LogP contribution in [-0.4, -0.2) is 12.1 Å². The van der Waals surface area contributed by atoms with E-state index in [1.54, 1.807) is 39.0 Å². The van der Waals surface area contributed by atoms with Crippen LogP contribution in [0, 0.1) is 6.92 Å². The largest absolute Gasteiger partial charge is 0.488 e. The third-order valence-electron chi connectivity index (χ3n) is 4.03. The predicted molar refractivity (Wildman–Crippen MR) is 96.9 cm³/mol. The highest BCUT2D eigenvalue weighted by Crippen LogP contribution is 2.37. The minimum absolute atomic E-state index is 0.154. The Labute approximate surface area is 157 Å². The molecule has 2 aromatic rings. The van der Waals surface area contributed by atoms with Crippen LogP contribution in [0.5, 0.6) is 5.75 Å². The lowest BCUT2D eigenvalue weighted by molar-refractivity contribution is -0.139. The van der Waals surface area contributed by atoms with E-state index in [1.807, 2.05) is 13.0 Å². The van der Waals surface area contributed by atoms with Gasteiger partial charge in [-0.3, -0.25) is 0 Å². The molecule has 0 aliphatic heterocycles. The molecule has 0 saturated heterocycles. The molecule has 0 saturated carbocycles. The van der Waals surface area contributed by atoms with Gasteiger partial charge in [0.1, 0.15) is 12.4 Å². The summed E-state index contributed by atoms with van der Waals surface area (Å²) in [5.74, 6) is -0.777. The van der Waals surface area contributed by atoms with Crippen molar-refractivity contribution in [1.29, 1.82) is 0 Å². The number of halogens is 3. The molecule has 0 aliphatic rings. The van der Waals surface area contributed by atoms with Crippen molar-refractivity contribution in [2.75, 3.05) is 0 Å². The zero-order valence-corrected chi connectivity index (χ0v) is 15.8. The Balaban J connectivity index is 2.37. The number of alkyl halides is 3. The zero-order chi connectivity index (χ0) is 20.2. The Hall–Kier alpha value is -2.50. The van der Waals surface area contributed by atoms with Crippen LogP contribution in [0.4, 0.5) is 13.2 Å². The molecule has 0 unspecified atom stereocenters. The van der Waals surface area contributed by atoms with E-state index in [9.17, 15) is 18.0 Å². The second-order valence-corrected chi connectivity index (χ2v) is 6.54. The molecule has 0 radical (unpaired) electrons. The number of hydrogen-bond acceptors (Lipinski definition) is 3. The molecule has 0 heterocycles. The first-order valence-electron chi connectivity index (χ1n) is 8.75. The fraction of sp³-hybridized carbons (Fsp3) is 0.381. The molecule has 0 aliphatic carbocycles. The number of carbonyl (C=O) groups excluding carboxylic acids is 1. The van der Waals surface area contributed by atoms with Gasteiger partial charge < -0.3 is 9.47 Å². The average molecular weight is 380 g/mol. The first-order chi connectivity index (χ1) is 12.6. The molecule has 3 nitrogen and oxygen atoms in total. The Morgan fingerprint density at radius 3 is 2.44 bits per heavy atom. The van der Waals surface area contributed by atoms with Crippen LogP contribution in [-0.2, 0) is 23.9 Å². The van der Waals surface area contributed by atoms with E-state index in [-0.39, 0.29) is 18.5 Å². The number of aryl methyl sites for hydroxylation is 2. The van der Waals surface area contributed by atoms with Crippen LogP contribution in [0.25, 0.3) is 0 Å². The number of ether oxygens (including phenoxy) is 2. The predicted octanol–water partition coefficient (Wildman–Crippen LogP) is 5.72. The Morgan fingerprint density at radius 2 is 1.85 bits per heavy atom. The number of benzene rings is 2. The van der Waals surface area contributed by atoms with Gasteiger partial charge >= 0.3 is 12.1 Å². The lowest BCUT2D eigenvalue weighted by Crippen LogP contribution is -2.16. The normalized spacial score (nSPS) is 11.6. The summed E-state index contributed by atoms with van der Waals surface area (Å²) in [4.78, 5) is 12.4. The molecule has 0 amide bonds. The van der Waals surface area contributed by atoms with Crippen LogP contribution < -0.4 is 4.74 Å². The van der Waals surface area contributed by atoms with Gasteiger partial charge in [0.2, 0.25) is 0 Å². The maximum absolute atomic E-state index is 13.3. The van der Waals surface area contributed by atoms with Crippen molar-refractivity contribution in [2.45, 2.75) is 53.0 Å². The van der Waals surface area contributed by atoms with E-state index in [4.69, 9.17) is 9.47 Å². The van der Waals surface area contributed by atoms with Crippen LogP contribution in [0.15, 0.2) is 36.4 Å². The summed E-state index contributed by atoms with van der Waals surface area (Å²) >= 11 is 0. The molecule has 6 heteroatoms. The Bertz CT molecular complexity index is 811. The quantitative estimate of drug-likeness (QED) is 0.601. The Kier molecular flexibility index (Phi) is 6.52. The second-order valence-electron chi connectivity index (χ2n) is 6.54. The summed E-state index contributed by atoms with van der Waals surface area (Å²) in [5, 5.41) is 0. The van der Waals surface area contributed by atoms with Gasteiger partial charge in [0.25, 0.3) is 0 Å². The molecule has 0 fully saturated rings. The van der Waals surface area contributed by atoms with Crippen LogP contribution in [0.3, 0.4) is 0 Å². The van der Waals surface area contributed by atoms with Crippen molar-refractivity contribution in [2.24, 2.45) is 0 Å². The maximum atomic E-state index is 13.3. The second kappa shape index (κ2) is 8.46. The van der Waals surface area contributed by atoms with Gasteiger partial charge in [-0.1, -0.05) is 30.7 Å². The smallest absolute Gasteiger partial charge is 0.419 e. The summed E-state index contributed by atoms with van der Waals surface area (Å²) < 4.78 is 50.7. The van der Waals surface area contributed by atoms with E-state index in [0.717, 1.165) is 11.6 Å². The summed E-state index contributed by atoms with van der Waals surface area (Å²) in [6.07, 6.45) is -4.21. The summed E-state index contributed by atoms with van der Waals surface area (Å²) in [6.45, 7) is 6.81. The highest BCUT2D eigenvalue weighted by Gasteiger charge is 2.34. The monoisotopic (exact) mass is 380 g/mol. The van der Waals surface area contributed by atoms with Crippen molar-refractivity contribution in [3.05, 3.63) is 64.2 Å². The summed E-state index contributed by atoms with van der Waals surface area (Å²) in [7, 11) is 0. The minimum Gasteiger partial charge on any atom is -0.488 e. The van der Waals surface area contributed by atoms with Gasteiger partial charge in [-0.05, 0) is 51.0 Å². The topological polar surface area (TPSA) is 35.5 Å². The van der Waals surface area contributed by atoms with Gasteiger partial charge in [-0.2, -0.15) is 13.2 Å². The highest BCUT2D eigenvalue weighted by molar-refractivity contribution is 5.91. The van der Waals surface area contributed by atoms with Gasteiger partial charge in [0.15, 0.2) is 0 Å². The van der Waals surface area contributed by atoms with Gasteiger partial charge in [-0.15, -0.1) is 0 Å². The van der Waals surface area contributed by atoms with Crippen LogP contribution in [0.1, 0.15) is 53.4 Å². The number of carbonyl (C=O) groups is 1. The first-order valence-corrected chi connectivity index (χ1v) is 8.75. The molecule has 2 rings (SSSR count). The lowest BCUT2D eigenvalue weighted by Gasteiger charge is -2.18. The molecule has 0 spiro atoms. The van der Waals surface area contributed by atoms with E-state index >= 15 is 0 Å². The SMILES string of the molecule is CCc1cccc(C(=O)OC(C)C)c1COc1ccc(C)cc1C(F)(F)F. The first kappa shape index (κ1) is 20.8. The molecule has 0 N–H and O–H groups in total. The van der Waals surface area contributed by atoms with E-state index < -0.39 is 17.7 Å². The third kappa shape index (κ3) is 5.25. The van der Waals surface area contributed by atoms with E-state index in [0.29, 0.717) is 23.1 Å². The molecular formula is C21H23F3O3. The van der Waals surface area contributed by atoms with E-state index in [2.05, 4.69) is 0 Å². The van der Waals surface area contributed by atoms with Crippen molar-refractivity contribution in [3.63, 3.8) is 0 Å². The van der Waals surface area contributed by atoms with E-state index in [1.165, 1.54) is 6.07 Å². The number of hydrogen-bond donors (Lipinski definition) is 0.